The Bertz CT molecular complexity index is 605. The van der Waals surface area contributed by atoms with Gasteiger partial charge in [-0.1, -0.05) is 0 Å². The fourth-order valence-electron chi connectivity index (χ4n) is 2.36. The van der Waals surface area contributed by atoms with Gasteiger partial charge in [-0.15, -0.1) is 11.3 Å². The predicted molar refractivity (Wildman–Crippen MR) is 73.0 cm³/mol. The molecule has 6 heteroatoms. The van der Waals surface area contributed by atoms with Crippen LogP contribution >= 0.6 is 11.3 Å². The summed E-state index contributed by atoms with van der Waals surface area (Å²) in [6.07, 6.45) is 0. The monoisotopic (exact) mass is 264 g/mol. The predicted octanol–water partition coefficient (Wildman–Crippen LogP) is 0.778. The molecule has 0 spiro atoms. The molecule has 1 unspecified atom stereocenters. The summed E-state index contributed by atoms with van der Waals surface area (Å²) in [4.78, 5) is 21.6. The summed E-state index contributed by atoms with van der Waals surface area (Å²) in [5, 5.41) is 5.31. The van der Waals surface area contributed by atoms with Crippen LogP contribution in [0.4, 0.5) is 0 Å². The summed E-state index contributed by atoms with van der Waals surface area (Å²) in [7, 11) is 0. The van der Waals surface area contributed by atoms with Gasteiger partial charge < -0.3 is 10.3 Å². The van der Waals surface area contributed by atoms with Crippen LogP contribution in [0.2, 0.25) is 0 Å². The number of nitrogens with zero attached hydrogens (tertiary/aromatic N) is 2. The van der Waals surface area contributed by atoms with Crippen LogP contribution < -0.4 is 10.9 Å². The van der Waals surface area contributed by atoms with E-state index in [0.29, 0.717) is 17.3 Å². The third-order valence-electron chi connectivity index (χ3n) is 3.19. The molecule has 2 N–H and O–H groups in total. The van der Waals surface area contributed by atoms with Gasteiger partial charge in [0.2, 0.25) is 0 Å². The van der Waals surface area contributed by atoms with Gasteiger partial charge in [0.1, 0.15) is 10.5 Å². The third-order valence-corrected chi connectivity index (χ3v) is 4.09. The number of thiophene rings is 1. The molecule has 0 saturated carbocycles. The normalized spacial score (nSPS) is 21.5. The van der Waals surface area contributed by atoms with E-state index in [1.54, 1.807) is 0 Å². The lowest BCUT2D eigenvalue weighted by atomic mass is 10.2. The van der Waals surface area contributed by atoms with Crippen molar-refractivity contribution < 1.29 is 0 Å². The molecule has 0 aliphatic carbocycles. The van der Waals surface area contributed by atoms with Crippen LogP contribution in [0.25, 0.3) is 10.2 Å². The van der Waals surface area contributed by atoms with Gasteiger partial charge in [0.25, 0.3) is 5.56 Å². The summed E-state index contributed by atoms with van der Waals surface area (Å²) >= 11 is 1.44. The summed E-state index contributed by atoms with van der Waals surface area (Å²) in [6, 6.07) is 2.40. The van der Waals surface area contributed by atoms with Crippen LogP contribution in [-0.4, -0.2) is 40.5 Å². The zero-order valence-corrected chi connectivity index (χ0v) is 11.1. The number of hydrogen-bond acceptors (Lipinski definition) is 5. The smallest absolute Gasteiger partial charge is 0.268 e. The Balaban J connectivity index is 1.83. The van der Waals surface area contributed by atoms with E-state index in [9.17, 15) is 4.79 Å². The molecule has 3 heterocycles. The third kappa shape index (κ3) is 2.31. The quantitative estimate of drug-likeness (QED) is 0.841. The highest BCUT2D eigenvalue weighted by Crippen LogP contribution is 2.14. The maximum absolute atomic E-state index is 11.9. The van der Waals surface area contributed by atoms with Crippen LogP contribution in [0, 0.1) is 0 Å². The van der Waals surface area contributed by atoms with Crippen molar-refractivity contribution in [3.63, 3.8) is 0 Å². The first-order valence-corrected chi connectivity index (χ1v) is 7.02. The Kier molecular flexibility index (Phi) is 3.15. The van der Waals surface area contributed by atoms with Crippen LogP contribution in [-0.2, 0) is 6.54 Å². The Labute approximate surface area is 109 Å². The van der Waals surface area contributed by atoms with Gasteiger partial charge in [-0.3, -0.25) is 9.69 Å². The lowest BCUT2D eigenvalue weighted by molar-refractivity contribution is 0.195. The molecule has 1 saturated heterocycles. The van der Waals surface area contributed by atoms with Crippen molar-refractivity contribution in [2.45, 2.75) is 19.5 Å². The second kappa shape index (κ2) is 4.79. The van der Waals surface area contributed by atoms with Crippen molar-refractivity contribution in [3.8, 4) is 0 Å². The molecule has 96 valence electrons. The number of fused-ring (bicyclic) bond motifs is 1. The van der Waals surface area contributed by atoms with Crippen LogP contribution in [0.1, 0.15) is 12.7 Å². The molecule has 0 radical (unpaired) electrons. The van der Waals surface area contributed by atoms with E-state index < -0.39 is 0 Å². The van der Waals surface area contributed by atoms with E-state index in [0.717, 1.165) is 31.0 Å². The van der Waals surface area contributed by atoms with E-state index in [1.165, 1.54) is 11.3 Å². The average molecular weight is 264 g/mol. The molecule has 0 bridgehead atoms. The molecule has 2 aromatic heterocycles. The molecule has 1 aliphatic heterocycles. The molecule has 1 atom stereocenters. The highest BCUT2D eigenvalue weighted by molar-refractivity contribution is 7.17. The van der Waals surface area contributed by atoms with Crippen molar-refractivity contribution in [3.05, 3.63) is 27.6 Å². The lowest BCUT2D eigenvalue weighted by Crippen LogP contribution is -2.48. The number of hydrogen-bond donors (Lipinski definition) is 2. The first-order chi connectivity index (χ1) is 8.72. The first kappa shape index (κ1) is 11.8. The van der Waals surface area contributed by atoms with Gasteiger partial charge in [0, 0.05) is 25.7 Å². The minimum absolute atomic E-state index is 0.0202. The molecule has 0 amide bonds. The van der Waals surface area contributed by atoms with E-state index in [4.69, 9.17) is 0 Å². The fraction of sp³-hybridized carbons (Fsp3) is 0.500. The number of nitrogens with one attached hydrogen (secondary N) is 2. The Morgan fingerprint density at radius 1 is 1.61 bits per heavy atom. The van der Waals surface area contributed by atoms with Crippen molar-refractivity contribution in [2.24, 2.45) is 0 Å². The minimum Gasteiger partial charge on any atom is -0.312 e. The van der Waals surface area contributed by atoms with Crippen molar-refractivity contribution >= 4 is 21.6 Å². The minimum atomic E-state index is -0.0202. The molecule has 1 fully saturated rings. The first-order valence-electron chi connectivity index (χ1n) is 6.14. The number of aromatic nitrogens is 2. The molecular formula is C12H16N4OS. The topological polar surface area (TPSA) is 61.0 Å². The molecule has 18 heavy (non-hydrogen) atoms. The Morgan fingerprint density at radius 2 is 2.50 bits per heavy atom. The molecule has 2 aromatic rings. The van der Waals surface area contributed by atoms with Crippen LogP contribution in [0.15, 0.2) is 16.2 Å². The molecule has 5 nitrogen and oxygen atoms in total. The van der Waals surface area contributed by atoms with Crippen molar-refractivity contribution in [1.82, 2.24) is 20.2 Å². The largest absolute Gasteiger partial charge is 0.312 e. The second-order valence-corrected chi connectivity index (χ2v) is 5.65. The number of rotatable bonds is 2. The van der Waals surface area contributed by atoms with Gasteiger partial charge in [0.15, 0.2) is 0 Å². The number of H-pyrrole nitrogens is 1. The van der Waals surface area contributed by atoms with Crippen LogP contribution in [0.3, 0.4) is 0 Å². The van der Waals surface area contributed by atoms with Gasteiger partial charge in [-0.2, -0.15) is 0 Å². The van der Waals surface area contributed by atoms with Gasteiger partial charge in [-0.25, -0.2) is 4.98 Å². The average Bonchev–Trinajstić information content (AvgIpc) is 2.77. The van der Waals surface area contributed by atoms with E-state index in [-0.39, 0.29) is 5.56 Å². The lowest BCUT2D eigenvalue weighted by Gasteiger charge is -2.31. The fourth-order valence-corrected chi connectivity index (χ4v) is 3.09. The maximum atomic E-state index is 11.9. The highest BCUT2D eigenvalue weighted by Gasteiger charge is 2.16. The van der Waals surface area contributed by atoms with Gasteiger partial charge in [0.05, 0.1) is 12.1 Å². The van der Waals surface area contributed by atoms with E-state index in [1.807, 2.05) is 11.4 Å². The molecule has 1 aliphatic rings. The maximum Gasteiger partial charge on any atom is 0.268 e. The van der Waals surface area contributed by atoms with Gasteiger partial charge >= 0.3 is 0 Å². The van der Waals surface area contributed by atoms with Crippen LogP contribution in [0.5, 0.6) is 0 Å². The molecule has 0 aromatic carbocycles. The van der Waals surface area contributed by atoms with Crippen molar-refractivity contribution in [2.75, 3.05) is 19.6 Å². The Hall–Kier alpha value is -1.24. The second-order valence-electron chi connectivity index (χ2n) is 4.74. The Morgan fingerprint density at radius 3 is 3.33 bits per heavy atom. The zero-order chi connectivity index (χ0) is 12.5. The molecular weight excluding hydrogens is 248 g/mol. The highest BCUT2D eigenvalue weighted by atomic mass is 32.1. The van der Waals surface area contributed by atoms with Crippen molar-refractivity contribution in [1.29, 1.82) is 0 Å². The summed E-state index contributed by atoms with van der Waals surface area (Å²) < 4.78 is 0.715. The number of piperazine rings is 1. The van der Waals surface area contributed by atoms with Gasteiger partial charge in [-0.05, 0) is 18.4 Å². The zero-order valence-electron chi connectivity index (χ0n) is 10.3. The standard InChI is InChI=1S/C12H16N4OS/c1-8-6-16(4-3-13-8)7-10-14-9-2-5-18-11(9)12(17)15-10/h2,5,8,13H,3-4,6-7H2,1H3,(H,14,15,17). The molecule has 3 rings (SSSR count). The summed E-state index contributed by atoms with van der Waals surface area (Å²) in [5.74, 6) is 0.764. The van der Waals surface area contributed by atoms with E-state index >= 15 is 0 Å². The number of aromatic amines is 1. The summed E-state index contributed by atoms with van der Waals surface area (Å²) in [5.41, 5.74) is 0.787. The van der Waals surface area contributed by atoms with E-state index in [2.05, 4.69) is 27.1 Å². The SMILES string of the molecule is CC1CN(Cc2nc3ccsc3c(=O)[nH]2)CCN1. The summed E-state index contributed by atoms with van der Waals surface area (Å²) in [6.45, 7) is 5.87.